The van der Waals surface area contributed by atoms with E-state index in [0.717, 1.165) is 5.56 Å². The molecular formula is C13H16Cl2N2O3. The van der Waals surface area contributed by atoms with Crippen LogP contribution >= 0.6 is 23.2 Å². The van der Waals surface area contributed by atoms with Crippen molar-refractivity contribution in [2.75, 3.05) is 13.1 Å². The van der Waals surface area contributed by atoms with Crippen molar-refractivity contribution in [3.63, 3.8) is 0 Å². The van der Waals surface area contributed by atoms with Crippen LogP contribution in [0.2, 0.25) is 10.0 Å². The molecule has 0 aliphatic carbocycles. The van der Waals surface area contributed by atoms with E-state index in [1.165, 1.54) is 6.92 Å². The highest BCUT2D eigenvalue weighted by Crippen LogP contribution is 2.20. The van der Waals surface area contributed by atoms with Crippen LogP contribution in [0.4, 0.5) is 0 Å². The van der Waals surface area contributed by atoms with E-state index < -0.39 is 12.0 Å². The Morgan fingerprint density at radius 3 is 2.60 bits per heavy atom. The number of halogens is 2. The van der Waals surface area contributed by atoms with Crippen molar-refractivity contribution in [2.24, 2.45) is 0 Å². The predicted octanol–water partition coefficient (Wildman–Crippen LogP) is 1.71. The second-order valence-corrected chi connectivity index (χ2v) is 5.12. The van der Waals surface area contributed by atoms with Gasteiger partial charge >= 0.3 is 5.97 Å². The standard InChI is InChI=1S/C13H16Cl2N2O3/c1-8(18)17-12(13(19)20)7-16-5-4-9-2-3-10(14)6-11(9)15/h2-3,6,12,16H,4-5,7H2,1H3,(H,17,18)(H,19,20). The molecule has 5 nitrogen and oxygen atoms in total. The maximum atomic E-state index is 10.9. The van der Waals surface area contributed by atoms with Crippen molar-refractivity contribution in [1.82, 2.24) is 10.6 Å². The molecule has 20 heavy (non-hydrogen) atoms. The summed E-state index contributed by atoms with van der Waals surface area (Å²) in [6, 6.07) is 4.30. The number of carbonyl (C=O) groups is 2. The first-order valence-electron chi connectivity index (χ1n) is 6.04. The molecule has 1 aromatic carbocycles. The Labute approximate surface area is 127 Å². The Morgan fingerprint density at radius 2 is 2.05 bits per heavy atom. The topological polar surface area (TPSA) is 78.4 Å². The zero-order valence-corrected chi connectivity index (χ0v) is 12.5. The van der Waals surface area contributed by atoms with Crippen molar-refractivity contribution in [2.45, 2.75) is 19.4 Å². The Balaban J connectivity index is 2.40. The molecule has 0 bridgehead atoms. The van der Waals surface area contributed by atoms with Crippen molar-refractivity contribution >= 4 is 35.1 Å². The van der Waals surface area contributed by atoms with Gasteiger partial charge in [-0.2, -0.15) is 0 Å². The summed E-state index contributed by atoms with van der Waals surface area (Å²) in [7, 11) is 0. The van der Waals surface area contributed by atoms with Gasteiger partial charge in [0.1, 0.15) is 6.04 Å². The molecule has 0 aromatic heterocycles. The molecule has 3 N–H and O–H groups in total. The molecule has 0 aliphatic rings. The van der Waals surface area contributed by atoms with Gasteiger partial charge in [0.05, 0.1) is 0 Å². The van der Waals surface area contributed by atoms with E-state index in [0.29, 0.717) is 23.0 Å². The number of benzene rings is 1. The van der Waals surface area contributed by atoms with E-state index >= 15 is 0 Å². The average Bonchev–Trinajstić information content (AvgIpc) is 2.34. The van der Waals surface area contributed by atoms with Crippen LogP contribution < -0.4 is 10.6 Å². The molecule has 7 heteroatoms. The quantitative estimate of drug-likeness (QED) is 0.669. The highest BCUT2D eigenvalue weighted by Gasteiger charge is 2.17. The van der Waals surface area contributed by atoms with Gasteiger partial charge in [-0.05, 0) is 30.7 Å². The number of carboxylic acids is 1. The van der Waals surface area contributed by atoms with Crippen LogP contribution in [0, 0.1) is 0 Å². The number of nitrogens with one attached hydrogen (secondary N) is 2. The minimum absolute atomic E-state index is 0.153. The van der Waals surface area contributed by atoms with Gasteiger partial charge in [0.15, 0.2) is 0 Å². The van der Waals surface area contributed by atoms with E-state index in [9.17, 15) is 9.59 Å². The molecule has 0 heterocycles. The summed E-state index contributed by atoms with van der Waals surface area (Å²) in [6.45, 7) is 1.98. The molecular weight excluding hydrogens is 303 g/mol. The minimum Gasteiger partial charge on any atom is -0.480 e. The van der Waals surface area contributed by atoms with Crippen LogP contribution in [0.3, 0.4) is 0 Å². The largest absolute Gasteiger partial charge is 0.480 e. The van der Waals surface area contributed by atoms with Gasteiger partial charge in [0.2, 0.25) is 5.91 Å². The predicted molar refractivity (Wildman–Crippen MR) is 78.3 cm³/mol. The summed E-state index contributed by atoms with van der Waals surface area (Å²) in [4.78, 5) is 21.8. The van der Waals surface area contributed by atoms with Crippen LogP contribution in [-0.2, 0) is 16.0 Å². The number of carbonyl (C=O) groups excluding carboxylic acids is 1. The monoisotopic (exact) mass is 318 g/mol. The highest BCUT2D eigenvalue weighted by molar-refractivity contribution is 6.35. The lowest BCUT2D eigenvalue weighted by molar-refractivity contribution is -0.141. The summed E-state index contributed by atoms with van der Waals surface area (Å²) < 4.78 is 0. The van der Waals surface area contributed by atoms with Crippen molar-refractivity contribution in [1.29, 1.82) is 0 Å². The Morgan fingerprint density at radius 1 is 1.35 bits per heavy atom. The van der Waals surface area contributed by atoms with Gasteiger partial charge in [-0.25, -0.2) is 4.79 Å². The number of hydrogen-bond acceptors (Lipinski definition) is 3. The van der Waals surface area contributed by atoms with E-state index in [2.05, 4.69) is 10.6 Å². The normalized spacial score (nSPS) is 11.9. The van der Waals surface area contributed by atoms with Gasteiger partial charge in [-0.3, -0.25) is 4.79 Å². The van der Waals surface area contributed by atoms with E-state index in [1.54, 1.807) is 12.1 Å². The van der Waals surface area contributed by atoms with Crippen molar-refractivity contribution in [3.8, 4) is 0 Å². The zero-order valence-electron chi connectivity index (χ0n) is 11.0. The smallest absolute Gasteiger partial charge is 0.327 e. The van der Waals surface area contributed by atoms with Gasteiger partial charge < -0.3 is 15.7 Å². The number of hydrogen-bond donors (Lipinski definition) is 3. The second-order valence-electron chi connectivity index (χ2n) is 4.28. The molecule has 1 amide bonds. The average molecular weight is 319 g/mol. The SMILES string of the molecule is CC(=O)NC(CNCCc1ccc(Cl)cc1Cl)C(=O)O. The number of carboxylic acid groups (broad SMARTS) is 1. The molecule has 110 valence electrons. The molecule has 1 rings (SSSR count). The Bertz CT molecular complexity index is 495. The van der Waals surface area contributed by atoms with Gasteiger partial charge in [0.25, 0.3) is 0 Å². The minimum atomic E-state index is -1.07. The first-order valence-corrected chi connectivity index (χ1v) is 6.80. The summed E-state index contributed by atoms with van der Waals surface area (Å²) in [6.07, 6.45) is 0.641. The lowest BCUT2D eigenvalue weighted by Gasteiger charge is -2.14. The summed E-state index contributed by atoms with van der Waals surface area (Å²) in [5, 5.41) is 15.4. The third-order valence-corrected chi connectivity index (χ3v) is 3.20. The Hall–Kier alpha value is -1.30. The van der Waals surface area contributed by atoms with Crippen LogP contribution in [0.5, 0.6) is 0 Å². The molecule has 0 saturated heterocycles. The summed E-state index contributed by atoms with van der Waals surface area (Å²) in [5.74, 6) is -1.45. The number of rotatable bonds is 7. The van der Waals surface area contributed by atoms with Crippen molar-refractivity contribution in [3.05, 3.63) is 33.8 Å². The zero-order chi connectivity index (χ0) is 15.1. The third-order valence-electron chi connectivity index (χ3n) is 2.61. The first kappa shape index (κ1) is 16.8. The third kappa shape index (κ3) is 5.77. The van der Waals surface area contributed by atoms with E-state index in [-0.39, 0.29) is 12.5 Å². The molecule has 1 unspecified atom stereocenters. The first-order chi connectivity index (χ1) is 9.40. The fourth-order valence-corrected chi connectivity index (χ4v) is 2.14. The Kier molecular flexibility index (Phi) is 6.78. The second kappa shape index (κ2) is 8.09. The number of amides is 1. The van der Waals surface area contributed by atoms with Crippen molar-refractivity contribution < 1.29 is 14.7 Å². The van der Waals surface area contributed by atoms with Crippen LogP contribution in [0.25, 0.3) is 0 Å². The molecule has 0 radical (unpaired) electrons. The maximum Gasteiger partial charge on any atom is 0.327 e. The highest BCUT2D eigenvalue weighted by atomic mass is 35.5. The molecule has 1 aromatic rings. The molecule has 0 saturated carbocycles. The van der Waals surface area contributed by atoms with E-state index in [1.807, 2.05) is 6.07 Å². The maximum absolute atomic E-state index is 10.9. The molecule has 1 atom stereocenters. The lowest BCUT2D eigenvalue weighted by Crippen LogP contribution is -2.46. The molecule has 0 aliphatic heterocycles. The summed E-state index contributed by atoms with van der Waals surface area (Å²) >= 11 is 11.8. The van der Waals surface area contributed by atoms with Crippen LogP contribution in [0.1, 0.15) is 12.5 Å². The van der Waals surface area contributed by atoms with E-state index in [4.69, 9.17) is 28.3 Å². The van der Waals surface area contributed by atoms with Gasteiger partial charge in [-0.15, -0.1) is 0 Å². The summed E-state index contributed by atoms with van der Waals surface area (Å²) in [5.41, 5.74) is 0.926. The van der Waals surface area contributed by atoms with Crippen LogP contribution in [-0.4, -0.2) is 36.1 Å². The molecule has 0 spiro atoms. The lowest BCUT2D eigenvalue weighted by atomic mass is 10.1. The fraction of sp³-hybridized carbons (Fsp3) is 0.385. The molecule has 0 fully saturated rings. The van der Waals surface area contributed by atoms with Gasteiger partial charge in [0, 0.05) is 23.5 Å². The number of aliphatic carboxylic acids is 1. The van der Waals surface area contributed by atoms with Gasteiger partial charge in [-0.1, -0.05) is 29.3 Å². The fourth-order valence-electron chi connectivity index (χ4n) is 1.64. The van der Waals surface area contributed by atoms with Crippen LogP contribution in [0.15, 0.2) is 18.2 Å².